The minimum Gasteiger partial charge on any atom is -0.468 e. The first-order valence-electron chi connectivity index (χ1n) is 4.69. The number of pyridine rings is 1. The number of nitrogen functional groups attached to an aromatic ring is 1. The Morgan fingerprint density at radius 1 is 1.44 bits per heavy atom. The van der Waals surface area contributed by atoms with E-state index in [-0.39, 0.29) is 5.84 Å². The van der Waals surface area contributed by atoms with Gasteiger partial charge in [0.15, 0.2) is 0 Å². The lowest BCUT2D eigenvalue weighted by Gasteiger charge is -2.01. The second-order valence-electron chi connectivity index (χ2n) is 3.24. The Kier molecular flexibility index (Phi) is 2.96. The number of nitrogens with zero attached hydrogens (tertiary/aromatic N) is 1. The zero-order valence-electron chi connectivity index (χ0n) is 8.73. The third-order valence-corrected chi connectivity index (χ3v) is 3.17. The van der Waals surface area contributed by atoms with Crippen LogP contribution in [0.4, 0.5) is 0 Å². The molecular formula is C11H11N3OS. The summed E-state index contributed by atoms with van der Waals surface area (Å²) in [6.45, 7) is 1.92. The molecule has 0 saturated carbocycles. The molecule has 0 spiro atoms. The summed E-state index contributed by atoms with van der Waals surface area (Å²) in [4.78, 5) is 6.15. The predicted octanol–water partition coefficient (Wildman–Crippen LogP) is 2.42. The van der Waals surface area contributed by atoms with Crippen LogP contribution in [0.3, 0.4) is 0 Å². The lowest BCUT2D eigenvalue weighted by molar-refractivity contribution is 0.527. The lowest BCUT2D eigenvalue weighted by atomic mass is 10.3. The van der Waals surface area contributed by atoms with Crippen LogP contribution in [0.25, 0.3) is 0 Å². The van der Waals surface area contributed by atoms with Crippen molar-refractivity contribution in [2.75, 3.05) is 0 Å². The molecule has 0 aliphatic carbocycles. The number of hydrogen-bond donors (Lipinski definition) is 2. The maximum absolute atomic E-state index is 7.23. The molecule has 0 saturated heterocycles. The van der Waals surface area contributed by atoms with Gasteiger partial charge in [0.05, 0.1) is 11.2 Å². The number of nitrogens with one attached hydrogen (secondary N) is 1. The second kappa shape index (κ2) is 4.40. The number of hydrogen-bond acceptors (Lipinski definition) is 4. The van der Waals surface area contributed by atoms with E-state index >= 15 is 0 Å². The van der Waals surface area contributed by atoms with Gasteiger partial charge in [-0.1, -0.05) is 11.8 Å². The van der Waals surface area contributed by atoms with E-state index < -0.39 is 0 Å². The van der Waals surface area contributed by atoms with E-state index in [1.165, 1.54) is 0 Å². The SMILES string of the molecule is Cc1occc1Sc1ccc(C(=N)N)nc1. The van der Waals surface area contributed by atoms with Crippen LogP contribution in [0.1, 0.15) is 11.5 Å². The normalized spacial score (nSPS) is 10.3. The topological polar surface area (TPSA) is 75.9 Å². The molecule has 16 heavy (non-hydrogen) atoms. The van der Waals surface area contributed by atoms with Crippen molar-refractivity contribution < 1.29 is 4.42 Å². The van der Waals surface area contributed by atoms with E-state index in [2.05, 4.69) is 4.98 Å². The van der Waals surface area contributed by atoms with E-state index in [1.807, 2.05) is 19.1 Å². The molecule has 0 amide bonds. The highest BCUT2D eigenvalue weighted by Crippen LogP contribution is 2.30. The van der Waals surface area contributed by atoms with Crippen LogP contribution in [-0.2, 0) is 0 Å². The predicted molar refractivity (Wildman–Crippen MR) is 62.8 cm³/mol. The molecule has 5 heteroatoms. The molecule has 4 nitrogen and oxygen atoms in total. The van der Waals surface area contributed by atoms with Crippen LogP contribution in [0.15, 0.2) is 44.9 Å². The van der Waals surface area contributed by atoms with Gasteiger partial charge in [-0.25, -0.2) is 0 Å². The molecule has 2 aromatic heterocycles. The van der Waals surface area contributed by atoms with Gasteiger partial charge in [0.2, 0.25) is 0 Å². The van der Waals surface area contributed by atoms with Crippen molar-refractivity contribution in [3.8, 4) is 0 Å². The second-order valence-corrected chi connectivity index (χ2v) is 4.35. The molecule has 0 atom stereocenters. The minimum absolute atomic E-state index is 0.0176. The number of aryl methyl sites for hydroxylation is 1. The van der Waals surface area contributed by atoms with E-state index in [4.69, 9.17) is 15.6 Å². The Labute approximate surface area is 97.4 Å². The van der Waals surface area contributed by atoms with Crippen LogP contribution >= 0.6 is 11.8 Å². The van der Waals surface area contributed by atoms with E-state index in [9.17, 15) is 0 Å². The fraction of sp³-hybridized carbons (Fsp3) is 0.0909. The molecule has 0 fully saturated rings. The summed E-state index contributed by atoms with van der Waals surface area (Å²) in [5.74, 6) is 0.872. The smallest absolute Gasteiger partial charge is 0.141 e. The Morgan fingerprint density at radius 2 is 2.25 bits per heavy atom. The van der Waals surface area contributed by atoms with Crippen LogP contribution < -0.4 is 5.73 Å². The summed E-state index contributed by atoms with van der Waals surface area (Å²) < 4.78 is 5.20. The van der Waals surface area contributed by atoms with Crippen molar-refractivity contribution in [2.45, 2.75) is 16.7 Å². The molecular weight excluding hydrogens is 222 g/mol. The van der Waals surface area contributed by atoms with Crippen molar-refractivity contribution in [2.24, 2.45) is 5.73 Å². The van der Waals surface area contributed by atoms with Crippen LogP contribution in [0.5, 0.6) is 0 Å². The van der Waals surface area contributed by atoms with E-state index in [0.29, 0.717) is 5.69 Å². The number of rotatable bonds is 3. The van der Waals surface area contributed by atoms with E-state index in [0.717, 1.165) is 15.6 Å². The zero-order chi connectivity index (χ0) is 11.5. The van der Waals surface area contributed by atoms with Gasteiger partial charge < -0.3 is 10.2 Å². The number of furan rings is 1. The van der Waals surface area contributed by atoms with Crippen molar-refractivity contribution in [3.63, 3.8) is 0 Å². The fourth-order valence-electron chi connectivity index (χ4n) is 1.21. The highest BCUT2D eigenvalue weighted by Gasteiger charge is 2.04. The van der Waals surface area contributed by atoms with Crippen molar-refractivity contribution in [1.82, 2.24) is 4.98 Å². The highest BCUT2D eigenvalue weighted by atomic mass is 32.2. The molecule has 0 radical (unpaired) electrons. The van der Waals surface area contributed by atoms with Gasteiger partial charge in [0.25, 0.3) is 0 Å². The first-order valence-corrected chi connectivity index (χ1v) is 5.51. The molecule has 2 rings (SSSR count). The standard InChI is InChI=1S/C11H11N3OS/c1-7-10(4-5-15-7)16-8-2-3-9(11(12)13)14-6-8/h2-6H,1H3,(H3,12,13). The summed E-state index contributed by atoms with van der Waals surface area (Å²) in [6.07, 6.45) is 3.36. The largest absolute Gasteiger partial charge is 0.468 e. The Hall–Kier alpha value is -1.75. The van der Waals surface area contributed by atoms with Gasteiger partial charge in [0.1, 0.15) is 17.3 Å². The molecule has 2 heterocycles. The van der Waals surface area contributed by atoms with Crippen molar-refractivity contribution in [3.05, 3.63) is 42.1 Å². The molecule has 2 aromatic rings. The van der Waals surface area contributed by atoms with Crippen LogP contribution in [0, 0.1) is 12.3 Å². The summed E-state index contributed by atoms with van der Waals surface area (Å²) in [7, 11) is 0. The van der Waals surface area contributed by atoms with Gasteiger partial charge in [-0.3, -0.25) is 10.4 Å². The highest BCUT2D eigenvalue weighted by molar-refractivity contribution is 7.99. The van der Waals surface area contributed by atoms with Gasteiger partial charge in [-0.2, -0.15) is 0 Å². The molecule has 3 N–H and O–H groups in total. The average molecular weight is 233 g/mol. The number of amidine groups is 1. The maximum atomic E-state index is 7.23. The average Bonchev–Trinajstić information content (AvgIpc) is 2.65. The fourth-order valence-corrected chi connectivity index (χ4v) is 2.02. The maximum Gasteiger partial charge on any atom is 0.141 e. The summed E-state index contributed by atoms with van der Waals surface area (Å²) >= 11 is 1.57. The van der Waals surface area contributed by atoms with E-state index in [1.54, 1.807) is 30.3 Å². The number of aromatic nitrogens is 1. The summed E-state index contributed by atoms with van der Waals surface area (Å²) in [5, 5.41) is 7.23. The molecule has 0 aliphatic rings. The Balaban J connectivity index is 2.17. The van der Waals surface area contributed by atoms with Gasteiger partial charge in [-0.15, -0.1) is 0 Å². The Bertz CT molecular complexity index is 504. The van der Waals surface area contributed by atoms with Crippen LogP contribution in [-0.4, -0.2) is 10.8 Å². The molecule has 0 bridgehead atoms. The molecule has 0 aliphatic heterocycles. The molecule has 82 valence electrons. The minimum atomic E-state index is -0.0176. The van der Waals surface area contributed by atoms with Crippen LogP contribution in [0.2, 0.25) is 0 Å². The third-order valence-electron chi connectivity index (χ3n) is 2.05. The monoisotopic (exact) mass is 233 g/mol. The first kappa shape index (κ1) is 10.8. The van der Waals surface area contributed by atoms with Gasteiger partial charge in [0, 0.05) is 11.1 Å². The summed E-state index contributed by atoms with van der Waals surface area (Å²) in [5.41, 5.74) is 5.82. The van der Waals surface area contributed by atoms with Gasteiger partial charge in [-0.05, 0) is 25.1 Å². The van der Waals surface area contributed by atoms with Gasteiger partial charge >= 0.3 is 0 Å². The van der Waals surface area contributed by atoms with Crippen molar-refractivity contribution in [1.29, 1.82) is 5.41 Å². The molecule has 0 unspecified atom stereocenters. The Morgan fingerprint density at radius 3 is 2.75 bits per heavy atom. The summed E-state index contributed by atoms with van der Waals surface area (Å²) in [6, 6.07) is 5.54. The third kappa shape index (κ3) is 2.25. The first-order chi connectivity index (χ1) is 7.66. The lowest BCUT2D eigenvalue weighted by Crippen LogP contribution is -2.12. The van der Waals surface area contributed by atoms with Crippen molar-refractivity contribution >= 4 is 17.6 Å². The number of nitrogens with two attached hydrogens (primary N) is 1. The zero-order valence-corrected chi connectivity index (χ0v) is 9.54. The molecule has 0 aromatic carbocycles. The quantitative estimate of drug-likeness (QED) is 0.630.